The fourth-order valence-corrected chi connectivity index (χ4v) is 0.353. The van der Waals surface area contributed by atoms with Crippen LogP contribution in [-0.4, -0.2) is 25.0 Å². The van der Waals surface area contributed by atoms with E-state index in [-0.39, 0.29) is 0 Å². The molecule has 0 saturated heterocycles. The molecule has 0 aromatic heterocycles. The van der Waals surface area contributed by atoms with Gasteiger partial charge in [-0.2, -0.15) is 5.26 Å². The van der Waals surface area contributed by atoms with Crippen molar-refractivity contribution >= 4 is 0 Å². The molecule has 1 radical (unpaired) electrons. The quantitative estimate of drug-likeness (QED) is 0.535. The Bertz CT molecular complexity index is 83.0. The summed E-state index contributed by atoms with van der Waals surface area (Å²) in [6, 6.07) is 2.06. The van der Waals surface area contributed by atoms with Crippen LogP contribution < -0.4 is 0 Å². The fourth-order valence-electron chi connectivity index (χ4n) is 0.353. The van der Waals surface area contributed by atoms with Gasteiger partial charge in [-0.3, -0.25) is 0 Å². The van der Waals surface area contributed by atoms with Gasteiger partial charge in [0.15, 0.2) is 0 Å². The lowest BCUT2D eigenvalue weighted by molar-refractivity contribution is 0.378. The van der Waals surface area contributed by atoms with Crippen LogP contribution in [0.25, 0.3) is 0 Å². The van der Waals surface area contributed by atoms with Crippen LogP contribution in [0.4, 0.5) is 0 Å². The largest absolute Gasteiger partial charge is 0.305 e. The van der Waals surface area contributed by atoms with Crippen LogP contribution in [0, 0.1) is 18.3 Å². The second-order valence-corrected chi connectivity index (χ2v) is 1.71. The summed E-state index contributed by atoms with van der Waals surface area (Å²) < 4.78 is 0. The Morgan fingerprint density at radius 3 is 2.75 bits per heavy atom. The van der Waals surface area contributed by atoms with Crippen molar-refractivity contribution in [2.75, 3.05) is 20.1 Å². The van der Waals surface area contributed by atoms with E-state index in [1.54, 1.807) is 0 Å². The Hall–Kier alpha value is -0.550. The van der Waals surface area contributed by atoms with Crippen LogP contribution in [0.3, 0.4) is 0 Å². The average Bonchev–Trinajstić information content (AvgIpc) is 1.83. The maximum absolute atomic E-state index is 8.11. The van der Waals surface area contributed by atoms with Crippen molar-refractivity contribution in [3.8, 4) is 6.07 Å². The Morgan fingerprint density at radius 1 is 1.75 bits per heavy atom. The van der Waals surface area contributed by atoms with Crippen LogP contribution in [0.15, 0.2) is 0 Å². The highest BCUT2D eigenvalue weighted by Crippen LogP contribution is 1.82. The number of nitrogens with zero attached hydrogens (tertiary/aromatic N) is 2. The van der Waals surface area contributed by atoms with Gasteiger partial charge in [0, 0.05) is 13.0 Å². The Morgan fingerprint density at radius 2 is 2.38 bits per heavy atom. The predicted octanol–water partition coefficient (Wildman–Crippen LogP) is 0.666. The minimum Gasteiger partial charge on any atom is -0.305 e. The van der Waals surface area contributed by atoms with E-state index >= 15 is 0 Å². The van der Waals surface area contributed by atoms with Crippen molar-refractivity contribution < 1.29 is 0 Å². The van der Waals surface area contributed by atoms with E-state index in [9.17, 15) is 0 Å². The summed E-state index contributed by atoms with van der Waals surface area (Å²) in [5, 5.41) is 8.11. The molecular formula is C6H11N2. The minimum atomic E-state index is 0.603. The zero-order valence-electron chi connectivity index (χ0n) is 5.22. The Kier molecular flexibility index (Phi) is 4.29. The van der Waals surface area contributed by atoms with Crippen molar-refractivity contribution in [3.63, 3.8) is 0 Å². The normalized spacial score (nSPS) is 9.25. The maximum Gasteiger partial charge on any atom is 0.0635 e. The zero-order chi connectivity index (χ0) is 6.41. The highest BCUT2D eigenvalue weighted by Gasteiger charge is 1.89. The van der Waals surface area contributed by atoms with E-state index in [2.05, 4.69) is 13.0 Å². The molecule has 0 bridgehead atoms. The smallest absolute Gasteiger partial charge is 0.0635 e. The van der Waals surface area contributed by atoms with Crippen LogP contribution in [0.5, 0.6) is 0 Å². The van der Waals surface area contributed by atoms with Crippen molar-refractivity contribution in [2.24, 2.45) is 0 Å². The number of nitriles is 1. The van der Waals surface area contributed by atoms with Crippen LogP contribution in [0.1, 0.15) is 6.42 Å². The molecule has 8 heavy (non-hydrogen) atoms. The van der Waals surface area contributed by atoms with E-state index in [0.717, 1.165) is 13.1 Å². The van der Waals surface area contributed by atoms with Gasteiger partial charge in [-0.25, -0.2) is 0 Å². The summed E-state index contributed by atoms with van der Waals surface area (Å²) in [7, 11) is 1.95. The standard InChI is InChI=1S/C6H11N2/c1-3-8(2)6-4-5-7/h1,3-4,6H2,2H3. The third kappa shape index (κ3) is 3.63. The van der Waals surface area contributed by atoms with Crippen molar-refractivity contribution in [3.05, 3.63) is 6.92 Å². The van der Waals surface area contributed by atoms with Gasteiger partial charge in [-0.05, 0) is 20.5 Å². The molecule has 0 amide bonds. The van der Waals surface area contributed by atoms with Crippen molar-refractivity contribution in [1.82, 2.24) is 4.90 Å². The molecular weight excluding hydrogens is 100 g/mol. The molecule has 2 nitrogen and oxygen atoms in total. The first-order valence-corrected chi connectivity index (χ1v) is 2.66. The number of rotatable bonds is 3. The summed E-state index contributed by atoms with van der Waals surface area (Å²) in [4.78, 5) is 2.00. The first-order valence-electron chi connectivity index (χ1n) is 2.66. The molecule has 0 N–H and O–H groups in total. The topological polar surface area (TPSA) is 27.0 Å². The minimum absolute atomic E-state index is 0.603. The van der Waals surface area contributed by atoms with Gasteiger partial charge in [-0.1, -0.05) is 0 Å². The summed E-state index contributed by atoms with van der Waals surface area (Å²) in [6.45, 7) is 5.27. The van der Waals surface area contributed by atoms with Gasteiger partial charge < -0.3 is 4.90 Å². The molecule has 0 saturated carbocycles. The van der Waals surface area contributed by atoms with Gasteiger partial charge >= 0.3 is 0 Å². The molecule has 0 spiro atoms. The van der Waals surface area contributed by atoms with Gasteiger partial charge in [0.1, 0.15) is 0 Å². The van der Waals surface area contributed by atoms with Gasteiger partial charge in [0.05, 0.1) is 6.07 Å². The summed E-state index contributed by atoms with van der Waals surface area (Å²) in [6.07, 6.45) is 0.603. The molecule has 0 atom stereocenters. The van der Waals surface area contributed by atoms with Crippen molar-refractivity contribution in [2.45, 2.75) is 6.42 Å². The molecule has 0 aliphatic carbocycles. The highest BCUT2D eigenvalue weighted by atomic mass is 15.1. The third-order valence-electron chi connectivity index (χ3n) is 0.987. The molecule has 0 aromatic rings. The molecule has 0 unspecified atom stereocenters. The molecule has 0 heterocycles. The lowest BCUT2D eigenvalue weighted by atomic mass is 10.4. The van der Waals surface area contributed by atoms with Gasteiger partial charge in [-0.15, -0.1) is 0 Å². The van der Waals surface area contributed by atoms with Gasteiger partial charge in [0.25, 0.3) is 0 Å². The monoisotopic (exact) mass is 111 g/mol. The number of hydrogen-bond acceptors (Lipinski definition) is 2. The Labute approximate surface area is 50.7 Å². The lowest BCUT2D eigenvalue weighted by Gasteiger charge is -2.09. The molecule has 45 valence electrons. The summed E-state index contributed by atoms with van der Waals surface area (Å²) in [5.41, 5.74) is 0. The van der Waals surface area contributed by atoms with E-state index in [1.165, 1.54) is 0 Å². The van der Waals surface area contributed by atoms with E-state index in [4.69, 9.17) is 5.26 Å². The SMILES string of the molecule is [CH2]CN(C)CCC#N. The average molecular weight is 111 g/mol. The summed E-state index contributed by atoms with van der Waals surface area (Å²) in [5.74, 6) is 0. The highest BCUT2D eigenvalue weighted by molar-refractivity contribution is 4.70. The molecule has 0 aromatic carbocycles. The first-order chi connectivity index (χ1) is 3.81. The van der Waals surface area contributed by atoms with Crippen molar-refractivity contribution in [1.29, 1.82) is 5.26 Å². The van der Waals surface area contributed by atoms with E-state index in [0.29, 0.717) is 6.42 Å². The predicted molar refractivity (Wildman–Crippen MR) is 33.1 cm³/mol. The molecule has 0 fully saturated rings. The zero-order valence-corrected chi connectivity index (χ0v) is 5.22. The van der Waals surface area contributed by atoms with E-state index < -0.39 is 0 Å². The van der Waals surface area contributed by atoms with Crippen LogP contribution in [0.2, 0.25) is 0 Å². The first kappa shape index (κ1) is 7.45. The Balaban J connectivity index is 3.01. The molecule has 0 aliphatic rings. The number of hydrogen-bond donors (Lipinski definition) is 0. The second kappa shape index (κ2) is 4.61. The molecule has 2 heteroatoms. The van der Waals surface area contributed by atoms with E-state index in [1.807, 2.05) is 11.9 Å². The fraction of sp³-hybridized carbons (Fsp3) is 0.667. The maximum atomic E-state index is 8.11. The summed E-state index contributed by atoms with van der Waals surface area (Å²) >= 11 is 0. The van der Waals surface area contributed by atoms with Crippen LogP contribution >= 0.6 is 0 Å². The molecule has 0 rings (SSSR count). The third-order valence-corrected chi connectivity index (χ3v) is 0.987. The second-order valence-electron chi connectivity index (χ2n) is 1.71. The molecule has 0 aliphatic heterocycles. The van der Waals surface area contributed by atoms with Crippen LogP contribution in [-0.2, 0) is 0 Å². The lowest BCUT2D eigenvalue weighted by Crippen LogP contribution is -2.18. The van der Waals surface area contributed by atoms with Gasteiger partial charge in [0.2, 0.25) is 0 Å².